The Morgan fingerprint density at radius 2 is 1.89 bits per heavy atom. The molecule has 0 saturated heterocycles. The van der Waals surface area contributed by atoms with E-state index < -0.39 is 0 Å². The molecule has 1 N–H and O–H groups in total. The van der Waals surface area contributed by atoms with Gasteiger partial charge in [-0.3, -0.25) is 0 Å². The third-order valence-corrected chi connectivity index (χ3v) is 4.17. The fourth-order valence-electron chi connectivity index (χ4n) is 1.99. The van der Waals surface area contributed by atoms with Crippen LogP contribution in [0.5, 0.6) is 6.01 Å². The highest BCUT2D eigenvalue weighted by molar-refractivity contribution is 7.99. The van der Waals surface area contributed by atoms with Gasteiger partial charge >= 0.3 is 0 Å². The second-order valence-corrected chi connectivity index (χ2v) is 5.36. The Bertz CT molecular complexity index is 707. The predicted octanol–water partition coefficient (Wildman–Crippen LogP) is 4.03. The molecule has 0 bridgehead atoms. The van der Waals surface area contributed by atoms with Gasteiger partial charge in [0.05, 0.1) is 18.1 Å². The van der Waals surface area contributed by atoms with Crippen molar-refractivity contribution in [1.82, 2.24) is 9.97 Å². The maximum atomic E-state index is 5.14. The van der Waals surface area contributed by atoms with Gasteiger partial charge in [0.2, 0.25) is 0 Å². The summed E-state index contributed by atoms with van der Waals surface area (Å²) in [6, 6.07) is 15.1. The molecule has 2 aromatic carbocycles. The molecule has 0 aliphatic rings. The Morgan fingerprint density at radius 1 is 1.11 bits per heavy atom. The number of aryl methyl sites for hydroxylation is 1. The summed E-state index contributed by atoms with van der Waals surface area (Å²) >= 11 is 1.75. The molecule has 0 spiro atoms. The van der Waals surface area contributed by atoms with E-state index >= 15 is 0 Å². The highest BCUT2D eigenvalue weighted by Gasteiger charge is 2.09. The first-order valence-electron chi connectivity index (χ1n) is 6.04. The number of benzene rings is 2. The molecule has 1 aromatic heterocycles. The normalized spacial score (nSPS) is 10.8. The van der Waals surface area contributed by atoms with Crippen molar-refractivity contribution in [2.45, 2.75) is 16.7 Å². The van der Waals surface area contributed by atoms with Crippen molar-refractivity contribution in [3.05, 3.63) is 48.0 Å². The van der Waals surface area contributed by atoms with E-state index in [1.807, 2.05) is 24.3 Å². The smallest absolute Gasteiger partial charge is 0.294 e. The summed E-state index contributed by atoms with van der Waals surface area (Å²) in [5.74, 6) is 0. The molecule has 4 heteroatoms. The predicted molar refractivity (Wildman–Crippen MR) is 77.9 cm³/mol. The molecule has 0 radical (unpaired) electrons. The number of aromatic nitrogens is 2. The van der Waals surface area contributed by atoms with Gasteiger partial charge in [-0.1, -0.05) is 30.0 Å². The molecule has 96 valence electrons. The number of methoxy groups -OCH3 is 1. The van der Waals surface area contributed by atoms with Gasteiger partial charge in [0.25, 0.3) is 6.01 Å². The van der Waals surface area contributed by atoms with Crippen LogP contribution < -0.4 is 4.74 Å². The van der Waals surface area contributed by atoms with Crippen LogP contribution in [-0.2, 0) is 0 Å². The second-order valence-electron chi connectivity index (χ2n) is 4.25. The van der Waals surface area contributed by atoms with Gasteiger partial charge in [0.15, 0.2) is 0 Å². The number of hydrogen-bond acceptors (Lipinski definition) is 3. The number of aromatic amines is 1. The van der Waals surface area contributed by atoms with E-state index in [-0.39, 0.29) is 0 Å². The third-order valence-electron chi connectivity index (χ3n) is 3.00. The number of nitrogens with zero attached hydrogens (tertiary/aromatic N) is 1. The van der Waals surface area contributed by atoms with Gasteiger partial charge in [-0.25, -0.2) is 0 Å². The van der Waals surface area contributed by atoms with Gasteiger partial charge in [-0.2, -0.15) is 4.98 Å². The van der Waals surface area contributed by atoms with Crippen LogP contribution in [0.1, 0.15) is 5.56 Å². The second kappa shape index (κ2) is 4.97. The molecule has 0 aliphatic heterocycles. The summed E-state index contributed by atoms with van der Waals surface area (Å²) in [5.41, 5.74) is 3.15. The first-order chi connectivity index (χ1) is 9.28. The molecule has 19 heavy (non-hydrogen) atoms. The number of nitrogens with one attached hydrogen (secondary N) is 1. The van der Waals surface area contributed by atoms with Crippen LogP contribution in [0.4, 0.5) is 0 Å². The Kier molecular flexibility index (Phi) is 3.17. The van der Waals surface area contributed by atoms with Crippen molar-refractivity contribution in [2.75, 3.05) is 7.11 Å². The molecule has 3 rings (SSSR count). The summed E-state index contributed by atoms with van der Waals surface area (Å²) in [6.07, 6.45) is 0. The highest BCUT2D eigenvalue weighted by Crippen LogP contribution is 2.33. The maximum Gasteiger partial charge on any atom is 0.294 e. The molecular formula is C15H14N2OS. The van der Waals surface area contributed by atoms with E-state index in [4.69, 9.17) is 4.74 Å². The van der Waals surface area contributed by atoms with Gasteiger partial charge in [0, 0.05) is 9.79 Å². The number of ether oxygens (including phenoxy) is 1. The van der Waals surface area contributed by atoms with Gasteiger partial charge in [0.1, 0.15) is 0 Å². The first kappa shape index (κ1) is 12.1. The lowest BCUT2D eigenvalue weighted by atomic mass is 10.2. The van der Waals surface area contributed by atoms with Crippen LogP contribution in [0.15, 0.2) is 52.3 Å². The third kappa shape index (κ3) is 2.31. The average molecular weight is 270 g/mol. The lowest BCUT2D eigenvalue weighted by molar-refractivity contribution is 0.386. The lowest BCUT2D eigenvalue weighted by Crippen LogP contribution is -1.84. The SMILES string of the molecule is COc1nc2c(C)c(Sc3ccccc3)ccc2[nH]1. The van der Waals surface area contributed by atoms with Gasteiger partial charge < -0.3 is 9.72 Å². The van der Waals surface area contributed by atoms with Crippen molar-refractivity contribution in [1.29, 1.82) is 0 Å². The molecule has 3 aromatic rings. The molecule has 0 unspecified atom stereocenters. The van der Waals surface area contributed by atoms with Crippen LogP contribution in [0.2, 0.25) is 0 Å². The molecule has 0 atom stereocenters. The Hall–Kier alpha value is -1.94. The summed E-state index contributed by atoms with van der Waals surface area (Å²) < 4.78 is 5.14. The van der Waals surface area contributed by atoms with E-state index in [2.05, 4.69) is 35.1 Å². The zero-order valence-electron chi connectivity index (χ0n) is 10.8. The molecule has 3 nitrogen and oxygen atoms in total. The molecule has 0 fully saturated rings. The minimum Gasteiger partial charge on any atom is -0.468 e. The monoisotopic (exact) mass is 270 g/mol. The quantitative estimate of drug-likeness (QED) is 0.780. The zero-order chi connectivity index (χ0) is 13.2. The Labute approximate surface area is 116 Å². The molecule has 0 amide bonds. The van der Waals surface area contributed by atoms with E-state index in [0.717, 1.165) is 11.0 Å². The summed E-state index contributed by atoms with van der Waals surface area (Å²) in [5, 5.41) is 0. The number of H-pyrrole nitrogens is 1. The lowest BCUT2D eigenvalue weighted by Gasteiger charge is -2.05. The summed E-state index contributed by atoms with van der Waals surface area (Å²) in [6.45, 7) is 2.09. The Morgan fingerprint density at radius 3 is 2.63 bits per heavy atom. The van der Waals surface area contributed by atoms with Crippen LogP contribution in [0.25, 0.3) is 11.0 Å². The summed E-state index contributed by atoms with van der Waals surface area (Å²) in [7, 11) is 1.62. The summed E-state index contributed by atoms with van der Waals surface area (Å²) in [4.78, 5) is 10.0. The van der Waals surface area contributed by atoms with Crippen molar-refractivity contribution in [2.24, 2.45) is 0 Å². The van der Waals surface area contributed by atoms with Crippen molar-refractivity contribution >= 4 is 22.8 Å². The maximum absolute atomic E-state index is 5.14. The van der Waals surface area contributed by atoms with E-state index in [1.54, 1.807) is 18.9 Å². The Balaban J connectivity index is 2.02. The zero-order valence-corrected chi connectivity index (χ0v) is 11.6. The first-order valence-corrected chi connectivity index (χ1v) is 6.86. The van der Waals surface area contributed by atoms with Crippen LogP contribution in [0, 0.1) is 6.92 Å². The number of imidazole rings is 1. The average Bonchev–Trinajstić information content (AvgIpc) is 2.87. The van der Waals surface area contributed by atoms with E-state index in [9.17, 15) is 0 Å². The van der Waals surface area contributed by atoms with Crippen LogP contribution in [0.3, 0.4) is 0 Å². The highest BCUT2D eigenvalue weighted by atomic mass is 32.2. The van der Waals surface area contributed by atoms with Crippen molar-refractivity contribution < 1.29 is 4.74 Å². The van der Waals surface area contributed by atoms with Crippen molar-refractivity contribution in [3.8, 4) is 6.01 Å². The number of rotatable bonds is 3. The van der Waals surface area contributed by atoms with Crippen LogP contribution in [-0.4, -0.2) is 17.1 Å². The van der Waals surface area contributed by atoms with Gasteiger partial charge in [-0.05, 0) is 36.8 Å². The fraction of sp³-hybridized carbons (Fsp3) is 0.133. The van der Waals surface area contributed by atoms with E-state index in [1.165, 1.54) is 15.4 Å². The molecule has 0 aliphatic carbocycles. The van der Waals surface area contributed by atoms with Crippen molar-refractivity contribution in [3.63, 3.8) is 0 Å². The minimum atomic E-state index is 0.556. The topological polar surface area (TPSA) is 37.9 Å². The number of fused-ring (bicyclic) bond motifs is 1. The minimum absolute atomic E-state index is 0.556. The van der Waals surface area contributed by atoms with Gasteiger partial charge in [-0.15, -0.1) is 0 Å². The number of hydrogen-bond donors (Lipinski definition) is 1. The molecule has 0 saturated carbocycles. The largest absolute Gasteiger partial charge is 0.468 e. The standard InChI is InChI=1S/C15H14N2OS/c1-10-13(19-11-6-4-3-5-7-11)9-8-12-14(10)17-15(16-12)18-2/h3-9H,1-2H3,(H,16,17). The van der Waals surface area contributed by atoms with Crippen LogP contribution >= 0.6 is 11.8 Å². The fourth-order valence-corrected chi connectivity index (χ4v) is 2.93. The van der Waals surface area contributed by atoms with E-state index in [0.29, 0.717) is 6.01 Å². The molecular weight excluding hydrogens is 256 g/mol. The molecule has 1 heterocycles.